The van der Waals surface area contributed by atoms with Crippen molar-refractivity contribution in [2.24, 2.45) is 11.3 Å². The summed E-state index contributed by atoms with van der Waals surface area (Å²) in [5, 5.41) is 0. The van der Waals surface area contributed by atoms with E-state index in [2.05, 4.69) is 26.5 Å². The van der Waals surface area contributed by atoms with Crippen LogP contribution in [-0.2, 0) is 4.79 Å². The van der Waals surface area contributed by atoms with Gasteiger partial charge in [0.2, 0.25) is 0 Å². The molecule has 16 heavy (non-hydrogen) atoms. The van der Waals surface area contributed by atoms with Crippen molar-refractivity contribution in [2.75, 3.05) is 0 Å². The number of hydrogen-bond acceptors (Lipinski definition) is 1. The van der Waals surface area contributed by atoms with E-state index in [0.717, 1.165) is 17.6 Å². The van der Waals surface area contributed by atoms with Crippen molar-refractivity contribution in [1.82, 2.24) is 0 Å². The quantitative estimate of drug-likeness (QED) is 0.651. The van der Waals surface area contributed by atoms with Crippen LogP contribution in [0.5, 0.6) is 0 Å². The van der Waals surface area contributed by atoms with Crippen LogP contribution in [0.2, 0.25) is 0 Å². The van der Waals surface area contributed by atoms with Gasteiger partial charge in [0.05, 0.1) is 5.41 Å². The molecule has 0 radical (unpaired) electrons. The zero-order valence-electron chi connectivity index (χ0n) is 10.5. The first kappa shape index (κ1) is 11.4. The molecule has 1 spiro atoms. The van der Waals surface area contributed by atoms with Crippen LogP contribution in [0, 0.1) is 11.3 Å². The molecular formula is C15H20O. The molecule has 2 unspecified atom stereocenters. The van der Waals surface area contributed by atoms with Crippen LogP contribution < -0.4 is 0 Å². The lowest BCUT2D eigenvalue weighted by molar-refractivity contribution is -0.123. The average Bonchev–Trinajstić information content (AvgIpc) is 2.57. The Labute approximate surface area is 97.9 Å². The van der Waals surface area contributed by atoms with E-state index in [1.54, 1.807) is 6.08 Å². The van der Waals surface area contributed by atoms with Gasteiger partial charge in [-0.3, -0.25) is 4.79 Å². The Balaban J connectivity index is 2.45. The Hall–Kier alpha value is -1.11. The Morgan fingerprint density at radius 2 is 2.19 bits per heavy atom. The van der Waals surface area contributed by atoms with Gasteiger partial charge in [0.1, 0.15) is 0 Å². The van der Waals surface area contributed by atoms with Gasteiger partial charge in [-0.1, -0.05) is 37.1 Å². The van der Waals surface area contributed by atoms with Gasteiger partial charge in [-0.05, 0) is 44.3 Å². The van der Waals surface area contributed by atoms with E-state index in [9.17, 15) is 4.79 Å². The third-order valence-corrected chi connectivity index (χ3v) is 4.34. The van der Waals surface area contributed by atoms with E-state index in [0.29, 0.717) is 11.7 Å². The number of carbonyl (C=O) groups is 1. The highest BCUT2D eigenvalue weighted by Crippen LogP contribution is 2.51. The molecule has 0 amide bonds. The zero-order valence-corrected chi connectivity index (χ0v) is 10.5. The van der Waals surface area contributed by atoms with Crippen LogP contribution >= 0.6 is 0 Å². The molecule has 0 heterocycles. The van der Waals surface area contributed by atoms with E-state index in [1.165, 1.54) is 18.4 Å². The fourth-order valence-electron chi connectivity index (χ4n) is 3.25. The molecule has 0 aromatic heterocycles. The van der Waals surface area contributed by atoms with Crippen molar-refractivity contribution in [3.63, 3.8) is 0 Å². The summed E-state index contributed by atoms with van der Waals surface area (Å²) in [6.45, 7) is 10.2. The second kappa shape index (κ2) is 3.73. The van der Waals surface area contributed by atoms with Crippen molar-refractivity contribution in [3.8, 4) is 0 Å². The molecule has 0 bridgehead atoms. The molecule has 0 aliphatic heterocycles. The summed E-state index contributed by atoms with van der Waals surface area (Å²) in [6, 6.07) is 0. The Bertz CT molecular complexity index is 411. The van der Waals surface area contributed by atoms with Gasteiger partial charge in [0, 0.05) is 0 Å². The summed E-state index contributed by atoms with van der Waals surface area (Å²) in [6.07, 6.45) is 7.33. The monoisotopic (exact) mass is 216 g/mol. The first-order valence-electron chi connectivity index (χ1n) is 6.09. The Kier molecular flexibility index (Phi) is 2.65. The van der Waals surface area contributed by atoms with Gasteiger partial charge in [-0.25, -0.2) is 0 Å². The molecule has 1 fully saturated rings. The van der Waals surface area contributed by atoms with Gasteiger partial charge in [0.15, 0.2) is 5.78 Å². The van der Waals surface area contributed by atoms with E-state index in [1.807, 2.05) is 6.92 Å². The lowest BCUT2D eigenvalue weighted by Gasteiger charge is -2.35. The third kappa shape index (κ3) is 1.41. The van der Waals surface area contributed by atoms with E-state index < -0.39 is 0 Å². The number of rotatable bonds is 1. The number of hydrogen-bond donors (Lipinski definition) is 0. The molecule has 2 rings (SSSR count). The maximum atomic E-state index is 12.4. The lowest BCUT2D eigenvalue weighted by atomic mass is 9.66. The van der Waals surface area contributed by atoms with Crippen molar-refractivity contribution in [2.45, 2.75) is 40.0 Å². The minimum atomic E-state index is -0.182. The van der Waals surface area contributed by atoms with Crippen LogP contribution in [0.4, 0.5) is 0 Å². The summed E-state index contributed by atoms with van der Waals surface area (Å²) in [5.74, 6) is 0.787. The molecule has 2 atom stereocenters. The maximum absolute atomic E-state index is 12.4. The summed E-state index contributed by atoms with van der Waals surface area (Å²) in [4.78, 5) is 12.4. The molecule has 1 nitrogen and oxygen atoms in total. The first-order chi connectivity index (χ1) is 7.48. The number of allylic oxidation sites excluding steroid dienone is 5. The Morgan fingerprint density at radius 1 is 1.50 bits per heavy atom. The normalized spacial score (nSPS) is 33.9. The summed E-state index contributed by atoms with van der Waals surface area (Å²) >= 11 is 0. The van der Waals surface area contributed by atoms with Crippen molar-refractivity contribution < 1.29 is 4.79 Å². The summed E-state index contributed by atoms with van der Waals surface area (Å²) in [5.41, 5.74) is 3.04. The SMILES string of the molecule is C=C(C)C1=CC(=O)C2(CCCC2C)C(C)=C1. The molecule has 1 saturated carbocycles. The summed E-state index contributed by atoms with van der Waals surface area (Å²) < 4.78 is 0. The first-order valence-corrected chi connectivity index (χ1v) is 6.09. The van der Waals surface area contributed by atoms with Crippen LogP contribution in [0.15, 0.2) is 35.5 Å². The summed E-state index contributed by atoms with van der Waals surface area (Å²) in [7, 11) is 0. The van der Waals surface area contributed by atoms with Crippen molar-refractivity contribution in [1.29, 1.82) is 0 Å². The molecule has 0 aromatic carbocycles. The van der Waals surface area contributed by atoms with Crippen LogP contribution in [0.3, 0.4) is 0 Å². The maximum Gasteiger partial charge on any atom is 0.166 e. The van der Waals surface area contributed by atoms with Crippen LogP contribution in [-0.4, -0.2) is 5.78 Å². The largest absolute Gasteiger partial charge is 0.294 e. The average molecular weight is 216 g/mol. The molecule has 1 heteroatoms. The predicted molar refractivity (Wildman–Crippen MR) is 67.1 cm³/mol. The fraction of sp³-hybridized carbons (Fsp3) is 0.533. The minimum Gasteiger partial charge on any atom is -0.294 e. The number of ketones is 1. The smallest absolute Gasteiger partial charge is 0.166 e. The highest BCUT2D eigenvalue weighted by Gasteiger charge is 2.47. The minimum absolute atomic E-state index is 0.182. The molecule has 2 aliphatic carbocycles. The standard InChI is InChI=1S/C15H20O/c1-10(2)13-8-12(4)15(14(16)9-13)7-5-6-11(15)3/h8-9,11H,1,5-7H2,2-4H3. The Morgan fingerprint density at radius 3 is 2.62 bits per heavy atom. The van der Waals surface area contributed by atoms with Gasteiger partial charge < -0.3 is 0 Å². The van der Waals surface area contributed by atoms with E-state index in [4.69, 9.17) is 0 Å². The highest BCUT2D eigenvalue weighted by molar-refractivity contribution is 6.00. The predicted octanol–water partition coefficient (Wildman–Crippen LogP) is 3.82. The highest BCUT2D eigenvalue weighted by atomic mass is 16.1. The van der Waals surface area contributed by atoms with Crippen LogP contribution in [0.1, 0.15) is 40.0 Å². The van der Waals surface area contributed by atoms with Crippen molar-refractivity contribution >= 4 is 5.78 Å². The molecule has 2 aliphatic rings. The van der Waals surface area contributed by atoms with Gasteiger partial charge >= 0.3 is 0 Å². The second-order valence-corrected chi connectivity index (χ2v) is 5.34. The van der Waals surface area contributed by atoms with Gasteiger partial charge in [-0.15, -0.1) is 0 Å². The number of carbonyl (C=O) groups excluding carboxylic acids is 1. The van der Waals surface area contributed by atoms with Gasteiger partial charge in [-0.2, -0.15) is 0 Å². The molecule has 0 aromatic rings. The topological polar surface area (TPSA) is 17.1 Å². The third-order valence-electron chi connectivity index (χ3n) is 4.34. The molecular weight excluding hydrogens is 196 g/mol. The second-order valence-electron chi connectivity index (χ2n) is 5.34. The fourth-order valence-corrected chi connectivity index (χ4v) is 3.25. The van der Waals surface area contributed by atoms with E-state index >= 15 is 0 Å². The van der Waals surface area contributed by atoms with Crippen molar-refractivity contribution in [3.05, 3.63) is 35.5 Å². The zero-order chi connectivity index (χ0) is 11.9. The van der Waals surface area contributed by atoms with Gasteiger partial charge in [0.25, 0.3) is 0 Å². The van der Waals surface area contributed by atoms with E-state index in [-0.39, 0.29) is 5.41 Å². The molecule has 86 valence electrons. The van der Waals surface area contributed by atoms with Crippen LogP contribution in [0.25, 0.3) is 0 Å². The molecule has 0 N–H and O–H groups in total. The lowest BCUT2D eigenvalue weighted by Crippen LogP contribution is -2.35. The molecule has 0 saturated heterocycles.